The second-order valence-corrected chi connectivity index (χ2v) is 7.42. The quantitative estimate of drug-likeness (QED) is 0.383. The van der Waals surface area contributed by atoms with E-state index < -0.39 is 6.10 Å². The number of aromatic amines is 1. The highest BCUT2D eigenvalue weighted by atomic mass is 16.5. The largest absolute Gasteiger partial charge is 0.366 e. The maximum Gasteiger partial charge on any atom is 0.205 e. The van der Waals surface area contributed by atoms with Gasteiger partial charge in [-0.15, -0.1) is 10.2 Å². The molecule has 4 aromatic rings. The standard InChI is InChI=1S/C23H25N7O2/c1-3-4-9-21-24-23(20(15-31)32-2)30(27-21)14-16-10-12-17(13-11-16)18-7-5-6-8-19(18)22-25-28-29-26-22/h5-8,10-13,15,20H,3-4,9,14H2,1-2H3,(H,25,26,28,29). The smallest absolute Gasteiger partial charge is 0.205 e. The Morgan fingerprint density at radius 3 is 2.56 bits per heavy atom. The lowest BCUT2D eigenvalue weighted by atomic mass is 9.98. The van der Waals surface area contributed by atoms with E-state index in [1.807, 2.05) is 36.4 Å². The van der Waals surface area contributed by atoms with Gasteiger partial charge in [-0.2, -0.15) is 10.3 Å². The minimum Gasteiger partial charge on any atom is -0.366 e. The maximum atomic E-state index is 11.5. The van der Waals surface area contributed by atoms with Gasteiger partial charge in [-0.25, -0.2) is 9.67 Å². The van der Waals surface area contributed by atoms with Crippen LogP contribution < -0.4 is 0 Å². The van der Waals surface area contributed by atoms with E-state index in [0.717, 1.165) is 53.6 Å². The fourth-order valence-electron chi connectivity index (χ4n) is 3.56. The van der Waals surface area contributed by atoms with Crippen LogP contribution in [0.2, 0.25) is 0 Å². The lowest BCUT2D eigenvalue weighted by Gasteiger charge is -2.11. The number of ether oxygens (including phenoxy) is 1. The normalized spacial score (nSPS) is 12.1. The van der Waals surface area contributed by atoms with Gasteiger partial charge in [0.15, 0.2) is 24.0 Å². The first kappa shape index (κ1) is 21.5. The number of aryl methyl sites for hydroxylation is 1. The molecule has 0 aliphatic heterocycles. The zero-order valence-corrected chi connectivity index (χ0v) is 18.1. The van der Waals surface area contributed by atoms with Crippen LogP contribution in [-0.4, -0.2) is 48.8 Å². The summed E-state index contributed by atoms with van der Waals surface area (Å²) in [6, 6.07) is 16.1. The molecule has 0 saturated carbocycles. The van der Waals surface area contributed by atoms with Crippen LogP contribution in [-0.2, 0) is 22.5 Å². The number of tetrazole rings is 1. The minimum absolute atomic E-state index is 0.495. The predicted octanol–water partition coefficient (Wildman–Crippen LogP) is 3.40. The molecule has 0 fully saturated rings. The second kappa shape index (κ2) is 10.1. The number of carbonyl (C=O) groups excluding carboxylic acids is 1. The molecule has 0 aliphatic carbocycles. The highest BCUT2D eigenvalue weighted by molar-refractivity contribution is 5.80. The third kappa shape index (κ3) is 4.62. The van der Waals surface area contributed by atoms with E-state index in [9.17, 15) is 4.79 Å². The number of aromatic nitrogens is 7. The summed E-state index contributed by atoms with van der Waals surface area (Å²) in [5.74, 6) is 1.81. The molecule has 0 amide bonds. The fourth-order valence-corrected chi connectivity index (χ4v) is 3.56. The fraction of sp³-hybridized carbons (Fsp3) is 0.304. The molecule has 32 heavy (non-hydrogen) atoms. The molecule has 0 bridgehead atoms. The topological polar surface area (TPSA) is 111 Å². The molecule has 0 spiro atoms. The van der Waals surface area contributed by atoms with Crippen molar-refractivity contribution in [2.75, 3.05) is 7.11 Å². The zero-order chi connectivity index (χ0) is 22.3. The number of carbonyl (C=O) groups is 1. The third-order valence-corrected chi connectivity index (χ3v) is 5.24. The maximum absolute atomic E-state index is 11.5. The van der Waals surface area contributed by atoms with Crippen molar-refractivity contribution in [3.63, 3.8) is 0 Å². The Morgan fingerprint density at radius 1 is 1.12 bits per heavy atom. The number of methoxy groups -OCH3 is 1. The van der Waals surface area contributed by atoms with Gasteiger partial charge < -0.3 is 4.74 Å². The van der Waals surface area contributed by atoms with Crippen LogP contribution in [0.25, 0.3) is 22.5 Å². The number of H-pyrrole nitrogens is 1. The summed E-state index contributed by atoms with van der Waals surface area (Å²) in [5.41, 5.74) is 4.00. The predicted molar refractivity (Wildman–Crippen MR) is 119 cm³/mol. The van der Waals surface area contributed by atoms with Gasteiger partial charge in [-0.3, -0.25) is 4.79 Å². The van der Waals surface area contributed by atoms with Gasteiger partial charge in [0, 0.05) is 19.1 Å². The number of rotatable bonds is 10. The summed E-state index contributed by atoms with van der Waals surface area (Å²) in [4.78, 5) is 16.0. The second-order valence-electron chi connectivity index (χ2n) is 7.42. The van der Waals surface area contributed by atoms with Gasteiger partial charge in [-0.1, -0.05) is 61.9 Å². The van der Waals surface area contributed by atoms with Gasteiger partial charge in [0.2, 0.25) is 5.82 Å². The Labute approximate surface area is 185 Å². The summed E-state index contributed by atoms with van der Waals surface area (Å²) in [6.45, 7) is 2.62. The first-order chi connectivity index (χ1) is 15.7. The molecule has 0 saturated heterocycles. The molecular formula is C23H25N7O2. The number of hydrogen-bond acceptors (Lipinski definition) is 7. The van der Waals surface area contributed by atoms with Crippen molar-refractivity contribution in [1.82, 2.24) is 35.4 Å². The average Bonchev–Trinajstić information content (AvgIpc) is 3.50. The SMILES string of the molecule is CCCCc1nc(C(C=O)OC)n(Cc2ccc(-c3ccccc3-c3nn[nH]n3)cc2)n1. The third-order valence-electron chi connectivity index (χ3n) is 5.24. The Balaban J connectivity index is 1.60. The van der Waals surface area contributed by atoms with Crippen LogP contribution in [0.5, 0.6) is 0 Å². The summed E-state index contributed by atoms with van der Waals surface area (Å²) in [6.07, 6.45) is 2.84. The summed E-state index contributed by atoms with van der Waals surface area (Å²) < 4.78 is 7.06. The Bertz CT molecular complexity index is 1150. The number of nitrogens with one attached hydrogen (secondary N) is 1. The van der Waals surface area contributed by atoms with Crippen LogP contribution in [0, 0.1) is 0 Å². The van der Waals surface area contributed by atoms with Crippen LogP contribution in [0.3, 0.4) is 0 Å². The van der Waals surface area contributed by atoms with Crippen LogP contribution in [0.15, 0.2) is 48.5 Å². The molecule has 9 nitrogen and oxygen atoms in total. The molecule has 0 radical (unpaired) electrons. The molecule has 0 aliphatic rings. The highest BCUT2D eigenvalue weighted by Crippen LogP contribution is 2.30. The van der Waals surface area contributed by atoms with Crippen LogP contribution >= 0.6 is 0 Å². The Hall–Kier alpha value is -3.72. The van der Waals surface area contributed by atoms with E-state index in [2.05, 4.69) is 49.8 Å². The van der Waals surface area contributed by atoms with Crippen molar-refractivity contribution < 1.29 is 9.53 Å². The zero-order valence-electron chi connectivity index (χ0n) is 18.1. The van der Waals surface area contributed by atoms with Crippen molar-refractivity contribution in [1.29, 1.82) is 0 Å². The molecule has 1 N–H and O–H groups in total. The lowest BCUT2D eigenvalue weighted by Crippen LogP contribution is -2.13. The van der Waals surface area contributed by atoms with E-state index in [-0.39, 0.29) is 0 Å². The number of nitrogens with zero attached hydrogens (tertiary/aromatic N) is 6. The van der Waals surface area contributed by atoms with Crippen LogP contribution in [0.1, 0.15) is 43.1 Å². The molecule has 2 aromatic carbocycles. The minimum atomic E-state index is -0.737. The van der Waals surface area contributed by atoms with E-state index in [0.29, 0.717) is 18.2 Å². The van der Waals surface area contributed by atoms with Gasteiger partial charge in [0.05, 0.1) is 6.54 Å². The number of unbranched alkanes of at least 4 members (excludes halogenated alkanes) is 1. The molecule has 2 aromatic heterocycles. The van der Waals surface area contributed by atoms with Crippen LogP contribution in [0.4, 0.5) is 0 Å². The molecule has 9 heteroatoms. The van der Waals surface area contributed by atoms with Gasteiger partial charge in [-0.05, 0) is 28.3 Å². The molecule has 1 unspecified atom stereocenters. The molecule has 4 rings (SSSR count). The first-order valence-corrected chi connectivity index (χ1v) is 10.6. The highest BCUT2D eigenvalue weighted by Gasteiger charge is 2.19. The van der Waals surface area contributed by atoms with Gasteiger partial charge in [0.25, 0.3) is 0 Å². The lowest BCUT2D eigenvalue weighted by molar-refractivity contribution is -0.117. The Morgan fingerprint density at radius 2 is 1.91 bits per heavy atom. The van der Waals surface area contributed by atoms with Crippen molar-refractivity contribution >= 4 is 6.29 Å². The molecule has 1 atom stereocenters. The van der Waals surface area contributed by atoms with Crippen molar-refractivity contribution in [2.45, 2.75) is 38.8 Å². The molecular weight excluding hydrogens is 406 g/mol. The summed E-state index contributed by atoms with van der Waals surface area (Å²) >= 11 is 0. The Kier molecular flexibility index (Phi) is 6.76. The molecule has 164 valence electrons. The monoisotopic (exact) mass is 431 g/mol. The summed E-state index contributed by atoms with van der Waals surface area (Å²) in [7, 11) is 1.50. The number of aldehydes is 1. The molecule has 2 heterocycles. The number of benzene rings is 2. The van der Waals surface area contributed by atoms with E-state index in [1.165, 1.54) is 7.11 Å². The van der Waals surface area contributed by atoms with Gasteiger partial charge in [0.1, 0.15) is 0 Å². The van der Waals surface area contributed by atoms with E-state index in [1.54, 1.807) is 4.68 Å². The van der Waals surface area contributed by atoms with Crippen molar-refractivity contribution in [3.05, 3.63) is 65.7 Å². The van der Waals surface area contributed by atoms with Crippen molar-refractivity contribution in [2.24, 2.45) is 0 Å². The number of hydrogen-bond donors (Lipinski definition) is 1. The average molecular weight is 432 g/mol. The van der Waals surface area contributed by atoms with E-state index >= 15 is 0 Å². The van der Waals surface area contributed by atoms with E-state index in [4.69, 9.17) is 4.74 Å². The van der Waals surface area contributed by atoms with Crippen molar-refractivity contribution in [3.8, 4) is 22.5 Å². The first-order valence-electron chi connectivity index (χ1n) is 10.6. The van der Waals surface area contributed by atoms with Gasteiger partial charge >= 0.3 is 0 Å². The summed E-state index contributed by atoms with van der Waals surface area (Å²) in [5, 5.41) is 19.0.